The molecule has 0 spiro atoms. The van der Waals surface area contributed by atoms with Crippen molar-refractivity contribution in [1.29, 1.82) is 0 Å². The highest BCUT2D eigenvalue weighted by atomic mass is 35.5. The van der Waals surface area contributed by atoms with Crippen LogP contribution in [-0.2, 0) is 16.0 Å². The third-order valence-corrected chi connectivity index (χ3v) is 5.82. The van der Waals surface area contributed by atoms with Crippen molar-refractivity contribution in [3.63, 3.8) is 0 Å². The predicted octanol–water partition coefficient (Wildman–Crippen LogP) is 4.91. The number of nitrogens with zero attached hydrogens (tertiary/aromatic N) is 1. The molecule has 1 saturated heterocycles. The summed E-state index contributed by atoms with van der Waals surface area (Å²) in [6, 6.07) is 11.5. The van der Waals surface area contributed by atoms with Gasteiger partial charge in [-0.1, -0.05) is 37.6 Å². The number of carbonyl (C=O) groups is 2. The van der Waals surface area contributed by atoms with Crippen LogP contribution in [0.2, 0.25) is 5.02 Å². The summed E-state index contributed by atoms with van der Waals surface area (Å²) in [6.07, 6.45) is 3.46. The Labute approximate surface area is 187 Å². The highest BCUT2D eigenvalue weighted by molar-refractivity contribution is 6.32. The summed E-state index contributed by atoms with van der Waals surface area (Å²) in [6.45, 7) is 8.02. The number of hydrogen-bond acceptors (Lipinski definition) is 4. The van der Waals surface area contributed by atoms with Gasteiger partial charge in [0.2, 0.25) is 0 Å². The Morgan fingerprint density at radius 1 is 1.19 bits per heavy atom. The smallest absolute Gasteiger partial charge is 0.330 e. The predicted molar refractivity (Wildman–Crippen MR) is 120 cm³/mol. The summed E-state index contributed by atoms with van der Waals surface area (Å²) >= 11 is 6.48. The number of hydrogen-bond donors (Lipinski definition) is 0. The lowest BCUT2D eigenvalue weighted by molar-refractivity contribution is -0.137. The van der Waals surface area contributed by atoms with E-state index in [1.165, 1.54) is 6.08 Å². The van der Waals surface area contributed by atoms with Crippen LogP contribution in [0.3, 0.4) is 0 Å². The van der Waals surface area contributed by atoms with Crippen molar-refractivity contribution in [2.75, 3.05) is 19.7 Å². The van der Waals surface area contributed by atoms with Crippen LogP contribution in [0.15, 0.2) is 48.6 Å². The Kier molecular flexibility index (Phi) is 5.80. The fourth-order valence-electron chi connectivity index (χ4n) is 4.11. The second-order valence-corrected chi connectivity index (χ2v) is 9.23. The maximum Gasteiger partial charge on any atom is 0.330 e. The summed E-state index contributed by atoms with van der Waals surface area (Å²) in [5.41, 5.74) is 3.84. The highest BCUT2D eigenvalue weighted by Crippen LogP contribution is 2.40. The molecule has 1 atom stereocenters. The number of fused-ring (bicyclic) bond motifs is 1. The molecular formula is C25H26ClNO4. The van der Waals surface area contributed by atoms with E-state index in [-0.39, 0.29) is 23.4 Å². The van der Waals surface area contributed by atoms with Crippen LogP contribution in [-0.4, -0.2) is 42.6 Å². The van der Waals surface area contributed by atoms with E-state index in [2.05, 4.69) is 13.8 Å². The van der Waals surface area contributed by atoms with Gasteiger partial charge in [-0.2, -0.15) is 0 Å². The zero-order valence-electron chi connectivity index (χ0n) is 18.0. The van der Waals surface area contributed by atoms with Gasteiger partial charge in [-0.25, -0.2) is 4.79 Å². The minimum Gasteiger partial charge on any atom is -0.484 e. The van der Waals surface area contributed by atoms with Crippen molar-refractivity contribution >= 4 is 23.5 Å². The van der Waals surface area contributed by atoms with E-state index >= 15 is 0 Å². The molecule has 162 valence electrons. The standard InChI is InChI=1S/C25H26ClNO4/c1-4-30-22(28)10-9-20-12-19-11-18(13-21(26)23(19)31-20)16-5-7-17(8-6-16)24(29)27-14-25(2,3)15-27/h5-11,13,20H,4,12,14-15H2,1-3H3. The first kappa shape index (κ1) is 21.4. The number of amides is 1. The van der Waals surface area contributed by atoms with E-state index in [1.54, 1.807) is 13.0 Å². The number of likely N-dealkylation sites (tertiary alicyclic amines) is 1. The van der Waals surface area contributed by atoms with Gasteiger partial charge in [-0.15, -0.1) is 0 Å². The molecule has 0 N–H and O–H groups in total. The number of halogens is 1. The van der Waals surface area contributed by atoms with Gasteiger partial charge in [0, 0.05) is 36.7 Å². The molecule has 2 aliphatic heterocycles. The van der Waals surface area contributed by atoms with Gasteiger partial charge >= 0.3 is 5.97 Å². The topological polar surface area (TPSA) is 55.8 Å². The van der Waals surface area contributed by atoms with Crippen LogP contribution in [0.25, 0.3) is 11.1 Å². The summed E-state index contributed by atoms with van der Waals surface area (Å²) in [4.78, 5) is 26.0. The molecule has 0 aliphatic carbocycles. The molecule has 2 heterocycles. The number of carbonyl (C=O) groups excluding carboxylic acids is 2. The van der Waals surface area contributed by atoms with Crippen LogP contribution < -0.4 is 4.74 Å². The molecule has 1 fully saturated rings. The largest absolute Gasteiger partial charge is 0.484 e. The van der Waals surface area contributed by atoms with Crippen LogP contribution in [0.5, 0.6) is 5.75 Å². The number of ether oxygens (including phenoxy) is 2. The summed E-state index contributed by atoms with van der Waals surface area (Å²) < 4.78 is 10.8. The van der Waals surface area contributed by atoms with Gasteiger partial charge in [-0.05, 0) is 53.8 Å². The molecule has 2 aromatic carbocycles. The fraction of sp³-hybridized carbons (Fsp3) is 0.360. The summed E-state index contributed by atoms with van der Waals surface area (Å²) in [5, 5.41) is 0.530. The molecule has 6 heteroatoms. The van der Waals surface area contributed by atoms with E-state index in [4.69, 9.17) is 21.1 Å². The van der Waals surface area contributed by atoms with Gasteiger partial charge < -0.3 is 14.4 Å². The molecule has 4 rings (SSSR count). The maximum atomic E-state index is 12.6. The lowest BCUT2D eigenvalue weighted by Gasteiger charge is -2.45. The van der Waals surface area contributed by atoms with E-state index in [1.807, 2.05) is 41.3 Å². The van der Waals surface area contributed by atoms with Crippen LogP contribution >= 0.6 is 11.6 Å². The lowest BCUT2D eigenvalue weighted by Crippen LogP contribution is -2.55. The van der Waals surface area contributed by atoms with E-state index < -0.39 is 0 Å². The van der Waals surface area contributed by atoms with Gasteiger partial charge in [0.15, 0.2) is 0 Å². The lowest BCUT2D eigenvalue weighted by atomic mass is 9.84. The second kappa shape index (κ2) is 8.39. The average molecular weight is 440 g/mol. The molecule has 0 bridgehead atoms. The van der Waals surface area contributed by atoms with Crippen molar-refractivity contribution in [2.45, 2.75) is 33.3 Å². The normalized spacial score (nSPS) is 19.0. The Bertz CT molecular complexity index is 1030. The van der Waals surface area contributed by atoms with Crippen molar-refractivity contribution in [2.24, 2.45) is 5.41 Å². The first-order valence-electron chi connectivity index (χ1n) is 10.5. The molecule has 1 amide bonds. The maximum absolute atomic E-state index is 12.6. The molecule has 2 aromatic rings. The zero-order valence-corrected chi connectivity index (χ0v) is 18.7. The van der Waals surface area contributed by atoms with E-state index in [0.717, 1.165) is 29.8 Å². The Hall–Kier alpha value is -2.79. The number of esters is 1. The molecule has 0 radical (unpaired) electrons. The van der Waals surface area contributed by atoms with Gasteiger partial charge in [0.05, 0.1) is 11.6 Å². The minimum absolute atomic E-state index is 0.0717. The molecule has 0 aromatic heterocycles. The highest BCUT2D eigenvalue weighted by Gasteiger charge is 2.37. The van der Waals surface area contributed by atoms with Crippen LogP contribution in [0.1, 0.15) is 36.7 Å². The third kappa shape index (κ3) is 4.62. The fourth-order valence-corrected chi connectivity index (χ4v) is 4.40. The van der Waals surface area contributed by atoms with E-state index in [9.17, 15) is 9.59 Å². The SMILES string of the molecule is CCOC(=O)C=CC1Cc2cc(-c3ccc(C(=O)N4CC(C)(C)C4)cc3)cc(Cl)c2O1. The van der Waals surface area contributed by atoms with Crippen molar-refractivity contribution in [3.8, 4) is 16.9 Å². The second-order valence-electron chi connectivity index (χ2n) is 8.82. The average Bonchev–Trinajstić information content (AvgIpc) is 3.14. The quantitative estimate of drug-likeness (QED) is 0.490. The van der Waals surface area contributed by atoms with Crippen LogP contribution in [0.4, 0.5) is 0 Å². The molecule has 5 nitrogen and oxygen atoms in total. The van der Waals surface area contributed by atoms with Crippen molar-refractivity contribution < 1.29 is 19.1 Å². The zero-order chi connectivity index (χ0) is 22.2. The summed E-state index contributed by atoms with van der Waals surface area (Å²) in [7, 11) is 0. The van der Waals surface area contributed by atoms with Crippen molar-refractivity contribution in [1.82, 2.24) is 4.90 Å². The van der Waals surface area contributed by atoms with Gasteiger partial charge in [0.1, 0.15) is 11.9 Å². The minimum atomic E-state index is -0.384. The van der Waals surface area contributed by atoms with Crippen LogP contribution in [0, 0.1) is 5.41 Å². The Morgan fingerprint density at radius 2 is 1.90 bits per heavy atom. The van der Waals surface area contributed by atoms with Crippen molar-refractivity contribution in [3.05, 3.63) is 64.7 Å². The number of benzene rings is 2. The van der Waals surface area contributed by atoms with E-state index in [0.29, 0.717) is 29.4 Å². The Morgan fingerprint density at radius 3 is 2.55 bits per heavy atom. The first-order chi connectivity index (χ1) is 14.8. The molecule has 2 aliphatic rings. The monoisotopic (exact) mass is 439 g/mol. The Balaban J connectivity index is 1.47. The van der Waals surface area contributed by atoms with Gasteiger partial charge in [0.25, 0.3) is 5.91 Å². The summed E-state index contributed by atoms with van der Waals surface area (Å²) in [5.74, 6) is 0.337. The molecule has 1 unspecified atom stereocenters. The molecule has 0 saturated carbocycles. The van der Waals surface area contributed by atoms with Gasteiger partial charge in [-0.3, -0.25) is 4.79 Å². The third-order valence-electron chi connectivity index (χ3n) is 5.53. The molecular weight excluding hydrogens is 414 g/mol. The number of rotatable bonds is 5. The first-order valence-corrected chi connectivity index (χ1v) is 10.9. The molecule has 31 heavy (non-hydrogen) atoms.